The van der Waals surface area contributed by atoms with Gasteiger partial charge in [0.2, 0.25) is 0 Å². The summed E-state index contributed by atoms with van der Waals surface area (Å²) in [4.78, 5) is 14.7. The molecular weight excluding hydrogens is 338 g/mol. The van der Waals surface area contributed by atoms with Crippen LogP contribution in [-0.2, 0) is 10.8 Å². The monoisotopic (exact) mass is 363 g/mol. The number of aromatic nitrogens is 3. The molecule has 26 heavy (non-hydrogen) atoms. The van der Waals surface area contributed by atoms with Gasteiger partial charge in [0, 0.05) is 21.8 Å². The lowest BCUT2D eigenvalue weighted by atomic mass is 9.67. The fourth-order valence-corrected chi connectivity index (χ4v) is 4.38. The molecule has 4 rings (SSSR count). The molecule has 2 aromatic heterocycles. The van der Waals surface area contributed by atoms with Crippen molar-refractivity contribution >= 4 is 11.3 Å². The Morgan fingerprint density at radius 3 is 2.19 bits per heavy atom. The average Bonchev–Trinajstić information content (AvgIpc) is 3.09. The van der Waals surface area contributed by atoms with Gasteiger partial charge in [-0.1, -0.05) is 57.5 Å². The van der Waals surface area contributed by atoms with E-state index in [2.05, 4.69) is 64.3 Å². The van der Waals surface area contributed by atoms with Crippen molar-refractivity contribution in [3.63, 3.8) is 0 Å². The second kappa shape index (κ2) is 5.98. The van der Waals surface area contributed by atoms with Gasteiger partial charge in [-0.2, -0.15) is 0 Å². The summed E-state index contributed by atoms with van der Waals surface area (Å²) in [5.41, 5.74) is 6.64. The summed E-state index contributed by atoms with van der Waals surface area (Å²) in [6, 6.07) is 8.50. The summed E-state index contributed by atoms with van der Waals surface area (Å²) in [5.74, 6) is 0. The van der Waals surface area contributed by atoms with Crippen LogP contribution in [0.15, 0.2) is 35.8 Å². The molecule has 0 bridgehead atoms. The summed E-state index contributed by atoms with van der Waals surface area (Å²) in [5, 5.41) is 3.12. The van der Waals surface area contributed by atoms with Crippen molar-refractivity contribution in [2.45, 2.75) is 58.3 Å². The van der Waals surface area contributed by atoms with Gasteiger partial charge < -0.3 is 0 Å². The molecule has 1 aliphatic rings. The van der Waals surface area contributed by atoms with Crippen molar-refractivity contribution in [1.82, 2.24) is 15.0 Å². The van der Waals surface area contributed by atoms with E-state index in [0.29, 0.717) is 0 Å². The molecule has 134 valence electrons. The van der Waals surface area contributed by atoms with E-state index in [4.69, 9.17) is 15.0 Å². The second-order valence-electron chi connectivity index (χ2n) is 8.62. The first kappa shape index (κ1) is 17.3. The standard InChI is InChI=1S/C22H25N3S/c1-14-6-8-15(9-7-14)20-25-17(13-26-20)16-12-23-18-19(24-16)22(4,5)11-10-21(18,2)3/h6-9,12-13H,10-11H2,1-5H3. The minimum Gasteiger partial charge on any atom is -0.256 e. The van der Waals surface area contributed by atoms with Crippen molar-refractivity contribution in [3.8, 4) is 22.0 Å². The minimum atomic E-state index is 0.0592. The van der Waals surface area contributed by atoms with Gasteiger partial charge in [0.1, 0.15) is 16.4 Å². The van der Waals surface area contributed by atoms with Crippen molar-refractivity contribution < 1.29 is 0 Å². The first-order valence-electron chi connectivity index (χ1n) is 9.17. The zero-order chi connectivity index (χ0) is 18.5. The molecule has 0 fully saturated rings. The molecule has 1 aliphatic carbocycles. The Hall–Kier alpha value is -2.07. The van der Waals surface area contributed by atoms with E-state index in [1.807, 2.05) is 6.20 Å². The maximum Gasteiger partial charge on any atom is 0.124 e. The van der Waals surface area contributed by atoms with Crippen LogP contribution in [0.5, 0.6) is 0 Å². The molecular formula is C22H25N3S. The van der Waals surface area contributed by atoms with E-state index in [9.17, 15) is 0 Å². The van der Waals surface area contributed by atoms with Gasteiger partial charge in [0.25, 0.3) is 0 Å². The van der Waals surface area contributed by atoms with Crippen molar-refractivity contribution in [2.24, 2.45) is 0 Å². The predicted octanol–water partition coefficient (Wildman–Crippen LogP) is 5.92. The smallest absolute Gasteiger partial charge is 0.124 e. The van der Waals surface area contributed by atoms with Gasteiger partial charge in [-0.3, -0.25) is 4.98 Å². The predicted molar refractivity (Wildman–Crippen MR) is 109 cm³/mol. The minimum absolute atomic E-state index is 0.0592. The third-order valence-corrected chi connectivity index (χ3v) is 6.39. The summed E-state index contributed by atoms with van der Waals surface area (Å²) in [6.07, 6.45) is 4.18. The Morgan fingerprint density at radius 1 is 0.846 bits per heavy atom. The quantitative estimate of drug-likeness (QED) is 0.567. The van der Waals surface area contributed by atoms with E-state index in [0.717, 1.165) is 46.2 Å². The summed E-state index contributed by atoms with van der Waals surface area (Å²) < 4.78 is 0. The third-order valence-electron chi connectivity index (χ3n) is 5.49. The van der Waals surface area contributed by atoms with Gasteiger partial charge in [-0.25, -0.2) is 9.97 Å². The van der Waals surface area contributed by atoms with Crippen molar-refractivity contribution in [3.05, 3.63) is 52.8 Å². The highest BCUT2D eigenvalue weighted by atomic mass is 32.1. The number of hydrogen-bond donors (Lipinski definition) is 0. The molecule has 1 aromatic carbocycles. The molecule has 0 saturated heterocycles. The lowest BCUT2D eigenvalue weighted by Gasteiger charge is -2.39. The highest BCUT2D eigenvalue weighted by molar-refractivity contribution is 7.13. The maximum atomic E-state index is 5.03. The lowest BCUT2D eigenvalue weighted by molar-refractivity contribution is 0.314. The molecule has 0 radical (unpaired) electrons. The molecule has 3 aromatic rings. The Labute approximate surface area is 159 Å². The van der Waals surface area contributed by atoms with Crippen LogP contribution in [0.2, 0.25) is 0 Å². The number of nitrogens with zero attached hydrogens (tertiary/aromatic N) is 3. The van der Waals surface area contributed by atoms with Gasteiger partial charge in [-0.15, -0.1) is 11.3 Å². The van der Waals surface area contributed by atoms with Crippen LogP contribution in [0.4, 0.5) is 0 Å². The van der Waals surface area contributed by atoms with Crippen LogP contribution in [0, 0.1) is 6.92 Å². The van der Waals surface area contributed by atoms with Gasteiger partial charge in [0.05, 0.1) is 17.6 Å². The van der Waals surface area contributed by atoms with Gasteiger partial charge >= 0.3 is 0 Å². The molecule has 0 amide bonds. The Bertz CT molecular complexity index is 952. The zero-order valence-corrected chi connectivity index (χ0v) is 16.9. The topological polar surface area (TPSA) is 38.7 Å². The number of aryl methyl sites for hydroxylation is 1. The highest BCUT2D eigenvalue weighted by Gasteiger charge is 2.39. The largest absolute Gasteiger partial charge is 0.256 e. The van der Waals surface area contributed by atoms with Crippen molar-refractivity contribution in [1.29, 1.82) is 0 Å². The molecule has 0 unspecified atom stereocenters. The first-order valence-corrected chi connectivity index (χ1v) is 10.1. The number of hydrogen-bond acceptors (Lipinski definition) is 4. The number of thiazole rings is 1. The number of fused-ring (bicyclic) bond motifs is 1. The Morgan fingerprint density at radius 2 is 1.50 bits per heavy atom. The zero-order valence-electron chi connectivity index (χ0n) is 16.1. The van der Waals surface area contributed by atoms with Crippen LogP contribution in [0.25, 0.3) is 22.0 Å². The summed E-state index contributed by atoms with van der Waals surface area (Å²) in [6.45, 7) is 11.2. The molecule has 0 N–H and O–H groups in total. The third kappa shape index (κ3) is 2.96. The van der Waals surface area contributed by atoms with Crippen LogP contribution >= 0.6 is 11.3 Å². The van der Waals surface area contributed by atoms with E-state index in [-0.39, 0.29) is 10.8 Å². The van der Waals surface area contributed by atoms with Crippen LogP contribution in [0.1, 0.15) is 57.5 Å². The molecule has 0 aliphatic heterocycles. The normalized spacial score (nSPS) is 17.7. The summed E-state index contributed by atoms with van der Waals surface area (Å²) in [7, 11) is 0. The maximum absolute atomic E-state index is 5.03. The van der Waals surface area contributed by atoms with E-state index >= 15 is 0 Å². The molecule has 0 atom stereocenters. The SMILES string of the molecule is Cc1ccc(-c2nc(-c3cnc4c(n3)C(C)(C)CCC4(C)C)cs2)cc1. The lowest BCUT2D eigenvalue weighted by Crippen LogP contribution is -2.36. The molecule has 0 spiro atoms. The molecule has 2 heterocycles. The highest BCUT2D eigenvalue weighted by Crippen LogP contribution is 2.44. The van der Waals surface area contributed by atoms with Crippen LogP contribution in [-0.4, -0.2) is 15.0 Å². The van der Waals surface area contributed by atoms with Crippen LogP contribution < -0.4 is 0 Å². The first-order chi connectivity index (χ1) is 12.3. The number of rotatable bonds is 2. The molecule has 0 saturated carbocycles. The Balaban J connectivity index is 1.75. The fourth-order valence-electron chi connectivity index (χ4n) is 3.56. The van der Waals surface area contributed by atoms with Crippen LogP contribution in [0.3, 0.4) is 0 Å². The van der Waals surface area contributed by atoms with E-state index in [1.54, 1.807) is 11.3 Å². The van der Waals surface area contributed by atoms with Gasteiger partial charge in [0.15, 0.2) is 0 Å². The van der Waals surface area contributed by atoms with E-state index < -0.39 is 0 Å². The van der Waals surface area contributed by atoms with E-state index in [1.165, 1.54) is 5.56 Å². The van der Waals surface area contributed by atoms with Crippen molar-refractivity contribution in [2.75, 3.05) is 0 Å². The fraction of sp³-hybridized carbons (Fsp3) is 0.409. The second-order valence-corrected chi connectivity index (χ2v) is 9.48. The average molecular weight is 364 g/mol. The Kier molecular flexibility index (Phi) is 3.99. The van der Waals surface area contributed by atoms with Gasteiger partial charge in [-0.05, 0) is 19.8 Å². The number of benzene rings is 1. The summed E-state index contributed by atoms with van der Waals surface area (Å²) >= 11 is 1.66. The molecule has 4 heteroatoms. The molecule has 3 nitrogen and oxygen atoms in total.